The predicted molar refractivity (Wildman–Crippen MR) is 55.5 cm³/mol. The Hall–Kier alpha value is -1.60. The molecule has 2 rings (SSSR count). The van der Waals surface area contributed by atoms with E-state index >= 15 is 0 Å². The molecule has 0 fully saturated rings. The van der Waals surface area contributed by atoms with Gasteiger partial charge in [0.25, 0.3) is 0 Å². The third kappa shape index (κ3) is 1.22. The fourth-order valence-corrected chi connectivity index (χ4v) is 2.22. The Kier molecular flexibility index (Phi) is 2.10. The molecule has 2 nitrogen and oxygen atoms in total. The van der Waals surface area contributed by atoms with Crippen molar-refractivity contribution in [3.8, 4) is 6.07 Å². The number of nitrogen functional groups attached to an aromatic ring is 1. The van der Waals surface area contributed by atoms with Crippen LogP contribution in [0.25, 0.3) is 10.1 Å². The van der Waals surface area contributed by atoms with Gasteiger partial charge >= 0.3 is 0 Å². The van der Waals surface area contributed by atoms with Gasteiger partial charge < -0.3 is 5.73 Å². The molecule has 2 aromatic rings. The molecule has 70 valence electrons. The van der Waals surface area contributed by atoms with Crippen LogP contribution in [0.4, 0.5) is 10.1 Å². The molecule has 0 bridgehead atoms. The van der Waals surface area contributed by atoms with Gasteiger partial charge in [-0.2, -0.15) is 5.26 Å². The van der Waals surface area contributed by atoms with Crippen LogP contribution in [0.1, 0.15) is 5.56 Å². The molecule has 0 aliphatic heterocycles. The van der Waals surface area contributed by atoms with Crippen LogP contribution in [-0.2, 0) is 6.42 Å². The SMILES string of the molecule is N#CCc1ccc2scc(N)c2c1F. The summed E-state index contributed by atoms with van der Waals surface area (Å²) in [6, 6.07) is 5.36. The lowest BCUT2D eigenvalue weighted by atomic mass is 10.1. The smallest absolute Gasteiger partial charge is 0.138 e. The Morgan fingerprint density at radius 2 is 2.29 bits per heavy atom. The van der Waals surface area contributed by atoms with Crippen LogP contribution in [0.2, 0.25) is 0 Å². The van der Waals surface area contributed by atoms with Crippen LogP contribution in [0.5, 0.6) is 0 Å². The minimum atomic E-state index is -0.359. The molecule has 0 aliphatic carbocycles. The van der Waals surface area contributed by atoms with Gasteiger partial charge in [0.1, 0.15) is 5.82 Å². The molecule has 2 N–H and O–H groups in total. The summed E-state index contributed by atoms with van der Waals surface area (Å²) in [4.78, 5) is 0. The molecule has 4 heteroatoms. The molecule has 0 saturated heterocycles. The van der Waals surface area contributed by atoms with Crippen molar-refractivity contribution in [2.45, 2.75) is 6.42 Å². The van der Waals surface area contributed by atoms with E-state index in [1.165, 1.54) is 11.3 Å². The van der Waals surface area contributed by atoms with Gasteiger partial charge in [0, 0.05) is 15.6 Å². The van der Waals surface area contributed by atoms with Gasteiger partial charge in [0.05, 0.1) is 23.6 Å². The number of nitrogens with zero attached hydrogens (tertiary/aromatic N) is 1. The maximum Gasteiger partial charge on any atom is 0.138 e. The van der Waals surface area contributed by atoms with Crippen molar-refractivity contribution in [1.29, 1.82) is 5.26 Å². The predicted octanol–water partition coefficient (Wildman–Crippen LogP) is 2.69. The highest BCUT2D eigenvalue weighted by Crippen LogP contribution is 2.31. The quantitative estimate of drug-likeness (QED) is 0.779. The van der Waals surface area contributed by atoms with Crippen LogP contribution in [0.3, 0.4) is 0 Å². The summed E-state index contributed by atoms with van der Waals surface area (Å²) in [5.74, 6) is -0.359. The second-order valence-electron chi connectivity index (χ2n) is 2.94. The second-order valence-corrected chi connectivity index (χ2v) is 3.85. The van der Waals surface area contributed by atoms with Gasteiger partial charge in [-0.15, -0.1) is 11.3 Å². The first-order valence-electron chi connectivity index (χ1n) is 4.05. The molecule has 0 atom stereocenters. The van der Waals surface area contributed by atoms with Crippen LogP contribution in [-0.4, -0.2) is 0 Å². The van der Waals surface area contributed by atoms with Gasteiger partial charge in [-0.05, 0) is 6.07 Å². The van der Waals surface area contributed by atoms with Gasteiger partial charge in [-0.25, -0.2) is 4.39 Å². The van der Waals surface area contributed by atoms with Gasteiger partial charge in [-0.3, -0.25) is 0 Å². The summed E-state index contributed by atoms with van der Waals surface area (Å²) in [5.41, 5.74) is 6.48. The molecular formula is C10H7FN2S. The first-order chi connectivity index (χ1) is 6.74. The number of nitrogens with two attached hydrogens (primary N) is 1. The van der Waals surface area contributed by atoms with Crippen molar-refractivity contribution in [1.82, 2.24) is 0 Å². The number of anilines is 1. The van der Waals surface area contributed by atoms with Crippen molar-refractivity contribution < 1.29 is 4.39 Å². The minimum Gasteiger partial charge on any atom is -0.397 e. The first-order valence-corrected chi connectivity index (χ1v) is 4.93. The van der Waals surface area contributed by atoms with E-state index < -0.39 is 0 Å². The zero-order valence-corrected chi connectivity index (χ0v) is 8.07. The Bertz CT molecular complexity index is 525. The third-order valence-corrected chi connectivity index (χ3v) is 3.02. The normalized spacial score (nSPS) is 10.3. The van der Waals surface area contributed by atoms with Crippen molar-refractivity contribution in [2.75, 3.05) is 5.73 Å². The van der Waals surface area contributed by atoms with Crippen molar-refractivity contribution in [3.05, 3.63) is 28.9 Å². The molecule has 0 spiro atoms. The summed E-state index contributed by atoms with van der Waals surface area (Å²) >= 11 is 1.41. The van der Waals surface area contributed by atoms with E-state index in [1.807, 2.05) is 6.07 Å². The minimum absolute atomic E-state index is 0.0804. The summed E-state index contributed by atoms with van der Waals surface area (Å²) in [6.07, 6.45) is 0.0804. The van der Waals surface area contributed by atoms with E-state index in [2.05, 4.69) is 0 Å². The second kappa shape index (κ2) is 3.28. The average Bonchev–Trinajstić information content (AvgIpc) is 2.54. The van der Waals surface area contributed by atoms with Crippen molar-refractivity contribution in [3.63, 3.8) is 0 Å². The summed E-state index contributed by atoms with van der Waals surface area (Å²) in [7, 11) is 0. The summed E-state index contributed by atoms with van der Waals surface area (Å²) < 4.78 is 14.5. The number of hydrogen-bond acceptors (Lipinski definition) is 3. The zero-order chi connectivity index (χ0) is 10.1. The standard InChI is InChI=1S/C10H7FN2S/c11-10-6(3-4-12)1-2-8-9(10)7(13)5-14-8/h1-2,5H,3,13H2. The van der Waals surface area contributed by atoms with Crippen LogP contribution >= 0.6 is 11.3 Å². The lowest BCUT2D eigenvalue weighted by Gasteiger charge is -1.99. The van der Waals surface area contributed by atoms with Crippen molar-refractivity contribution >= 4 is 27.1 Å². The molecule has 0 aliphatic rings. The maximum atomic E-state index is 13.7. The number of halogens is 1. The van der Waals surface area contributed by atoms with Gasteiger partial charge in [-0.1, -0.05) is 6.07 Å². The molecule has 0 amide bonds. The molecule has 1 heterocycles. The Balaban J connectivity index is 2.74. The topological polar surface area (TPSA) is 49.8 Å². The number of hydrogen-bond donors (Lipinski definition) is 1. The Morgan fingerprint density at radius 1 is 1.50 bits per heavy atom. The van der Waals surface area contributed by atoms with Gasteiger partial charge in [0.2, 0.25) is 0 Å². The molecule has 1 aromatic heterocycles. The highest BCUT2D eigenvalue weighted by molar-refractivity contribution is 7.17. The monoisotopic (exact) mass is 206 g/mol. The van der Waals surface area contributed by atoms with E-state index in [-0.39, 0.29) is 12.2 Å². The highest BCUT2D eigenvalue weighted by Gasteiger charge is 2.10. The van der Waals surface area contributed by atoms with Crippen LogP contribution in [0.15, 0.2) is 17.5 Å². The summed E-state index contributed by atoms with van der Waals surface area (Å²) in [5, 5.41) is 10.7. The largest absolute Gasteiger partial charge is 0.397 e. The Labute approximate surface area is 84.4 Å². The fraction of sp³-hybridized carbons (Fsp3) is 0.100. The number of thiophene rings is 1. The molecule has 1 aromatic carbocycles. The third-order valence-electron chi connectivity index (χ3n) is 2.05. The van der Waals surface area contributed by atoms with Crippen LogP contribution in [0, 0.1) is 17.1 Å². The van der Waals surface area contributed by atoms with E-state index in [0.29, 0.717) is 16.6 Å². The van der Waals surface area contributed by atoms with E-state index in [4.69, 9.17) is 11.0 Å². The highest BCUT2D eigenvalue weighted by atomic mass is 32.1. The molecular weight excluding hydrogens is 199 g/mol. The van der Waals surface area contributed by atoms with Crippen molar-refractivity contribution in [2.24, 2.45) is 0 Å². The number of nitriles is 1. The Morgan fingerprint density at radius 3 is 3.00 bits per heavy atom. The van der Waals surface area contributed by atoms with Gasteiger partial charge in [0.15, 0.2) is 0 Å². The molecule has 14 heavy (non-hydrogen) atoms. The maximum absolute atomic E-state index is 13.7. The van der Waals surface area contributed by atoms with E-state index in [0.717, 1.165) is 4.70 Å². The zero-order valence-electron chi connectivity index (χ0n) is 7.25. The summed E-state index contributed by atoms with van der Waals surface area (Å²) in [6.45, 7) is 0. The number of fused-ring (bicyclic) bond motifs is 1. The lowest BCUT2D eigenvalue weighted by Crippen LogP contribution is -1.91. The van der Waals surface area contributed by atoms with E-state index in [9.17, 15) is 4.39 Å². The first kappa shape index (κ1) is 8.97. The molecule has 0 saturated carbocycles. The van der Waals surface area contributed by atoms with E-state index in [1.54, 1.807) is 17.5 Å². The lowest BCUT2D eigenvalue weighted by molar-refractivity contribution is 0.628. The molecule has 0 unspecified atom stereocenters. The molecule has 0 radical (unpaired) electrons. The fourth-order valence-electron chi connectivity index (χ4n) is 1.38. The van der Waals surface area contributed by atoms with Crippen LogP contribution < -0.4 is 5.73 Å². The number of benzene rings is 1. The average molecular weight is 206 g/mol. The number of rotatable bonds is 1.